The minimum absolute atomic E-state index is 0.0603. The largest absolute Gasteiger partial charge is 0.383 e. The highest BCUT2D eigenvalue weighted by atomic mass is 32.2. The molecule has 0 aliphatic heterocycles. The Labute approximate surface area is 122 Å². The molecule has 1 atom stereocenters. The van der Waals surface area contributed by atoms with Crippen molar-refractivity contribution in [3.8, 4) is 0 Å². The normalized spacial score (nSPS) is 13.4. The summed E-state index contributed by atoms with van der Waals surface area (Å²) >= 11 is 0. The summed E-state index contributed by atoms with van der Waals surface area (Å²) in [7, 11) is -1.71. The zero-order valence-electron chi connectivity index (χ0n) is 12.8. The van der Waals surface area contributed by atoms with E-state index in [1.165, 1.54) is 0 Å². The minimum atomic E-state index is -3.30. The fourth-order valence-electron chi connectivity index (χ4n) is 2.22. The Kier molecular flexibility index (Phi) is 6.65. The van der Waals surface area contributed by atoms with Crippen LogP contribution in [-0.2, 0) is 14.6 Å². The summed E-state index contributed by atoms with van der Waals surface area (Å²) in [5.41, 5.74) is 1.87. The molecule has 114 valence electrons. The van der Waals surface area contributed by atoms with Crippen LogP contribution in [0.5, 0.6) is 0 Å². The van der Waals surface area contributed by atoms with E-state index in [-0.39, 0.29) is 11.8 Å². The van der Waals surface area contributed by atoms with Crippen LogP contribution in [0, 0.1) is 13.8 Å². The van der Waals surface area contributed by atoms with Gasteiger partial charge in [0.15, 0.2) is 9.84 Å². The first-order valence-electron chi connectivity index (χ1n) is 6.93. The molecule has 0 aliphatic rings. The Hall–Kier alpha value is -0.910. The van der Waals surface area contributed by atoms with Gasteiger partial charge < -0.3 is 10.1 Å². The molecule has 1 aromatic rings. The number of aryl methyl sites for hydroxylation is 2. The fraction of sp³-hybridized carbons (Fsp3) is 0.600. The zero-order valence-corrected chi connectivity index (χ0v) is 13.6. The van der Waals surface area contributed by atoms with E-state index in [2.05, 4.69) is 12.2 Å². The number of hydrogen-bond acceptors (Lipinski definition) is 4. The van der Waals surface area contributed by atoms with E-state index in [0.717, 1.165) is 24.1 Å². The molecule has 1 rings (SSSR count). The average molecular weight is 299 g/mol. The van der Waals surface area contributed by atoms with Gasteiger partial charge in [-0.05, 0) is 38.4 Å². The Balaban J connectivity index is 2.91. The van der Waals surface area contributed by atoms with Crippen molar-refractivity contribution in [3.05, 3.63) is 29.3 Å². The van der Waals surface area contributed by atoms with Crippen molar-refractivity contribution in [1.29, 1.82) is 0 Å². The maximum Gasteiger partial charge on any atom is 0.180 e. The molecule has 4 nitrogen and oxygen atoms in total. The summed E-state index contributed by atoms with van der Waals surface area (Å²) in [4.78, 5) is 0.419. The molecule has 0 bridgehead atoms. The third-order valence-electron chi connectivity index (χ3n) is 3.14. The third-order valence-corrected chi connectivity index (χ3v) is 5.11. The number of ether oxygens (including phenoxy) is 1. The van der Waals surface area contributed by atoms with Gasteiger partial charge in [0.2, 0.25) is 0 Å². The first-order valence-corrected chi connectivity index (χ1v) is 8.58. The van der Waals surface area contributed by atoms with Gasteiger partial charge in [0.05, 0.1) is 17.3 Å². The molecule has 5 heteroatoms. The third kappa shape index (κ3) is 4.89. The van der Waals surface area contributed by atoms with Crippen LogP contribution in [0.3, 0.4) is 0 Å². The number of nitrogens with one attached hydrogen (secondary N) is 1. The highest BCUT2D eigenvalue weighted by molar-refractivity contribution is 7.91. The fourth-order valence-corrected chi connectivity index (χ4v) is 3.97. The van der Waals surface area contributed by atoms with Crippen LogP contribution >= 0.6 is 0 Å². The molecule has 0 fully saturated rings. The lowest BCUT2D eigenvalue weighted by molar-refractivity contribution is 0.173. The van der Waals surface area contributed by atoms with Crippen LogP contribution in [-0.4, -0.2) is 40.5 Å². The predicted octanol–water partition coefficient (Wildman–Crippen LogP) is 2.09. The molecule has 0 aromatic heterocycles. The number of hydrogen-bond donors (Lipinski definition) is 1. The van der Waals surface area contributed by atoms with Gasteiger partial charge in [-0.15, -0.1) is 0 Å². The Morgan fingerprint density at radius 2 is 2.00 bits per heavy atom. The maximum atomic E-state index is 12.5. The smallest absolute Gasteiger partial charge is 0.180 e. The van der Waals surface area contributed by atoms with Crippen molar-refractivity contribution < 1.29 is 13.2 Å². The second kappa shape index (κ2) is 7.76. The average Bonchev–Trinajstić information content (AvgIpc) is 2.35. The monoisotopic (exact) mass is 299 g/mol. The van der Waals surface area contributed by atoms with Crippen LogP contribution < -0.4 is 5.32 Å². The molecule has 0 saturated carbocycles. The van der Waals surface area contributed by atoms with Crippen molar-refractivity contribution in [1.82, 2.24) is 5.32 Å². The minimum Gasteiger partial charge on any atom is -0.383 e. The number of sulfone groups is 1. The summed E-state index contributed by atoms with van der Waals surface area (Å²) in [6.45, 7) is 7.03. The van der Waals surface area contributed by atoms with E-state index in [9.17, 15) is 8.42 Å². The van der Waals surface area contributed by atoms with E-state index in [0.29, 0.717) is 11.5 Å². The van der Waals surface area contributed by atoms with E-state index in [4.69, 9.17) is 4.74 Å². The Bertz CT molecular complexity index is 526. The standard InChI is InChI=1S/C15H25NO3S/c1-5-8-16-14(10-19-4)11-20(17,18)15-7-6-12(2)9-13(15)3/h6-7,9,14,16H,5,8,10-11H2,1-4H3. The lowest BCUT2D eigenvalue weighted by atomic mass is 10.2. The van der Waals surface area contributed by atoms with E-state index in [1.54, 1.807) is 13.2 Å². The molecule has 1 N–H and O–H groups in total. The second-order valence-corrected chi connectivity index (χ2v) is 7.16. The Morgan fingerprint density at radius 1 is 1.30 bits per heavy atom. The van der Waals surface area contributed by atoms with Gasteiger partial charge in [-0.1, -0.05) is 24.6 Å². The van der Waals surface area contributed by atoms with Crippen molar-refractivity contribution in [3.63, 3.8) is 0 Å². The van der Waals surface area contributed by atoms with Crippen LogP contribution in [0.15, 0.2) is 23.1 Å². The van der Waals surface area contributed by atoms with Crippen LogP contribution in [0.1, 0.15) is 24.5 Å². The van der Waals surface area contributed by atoms with Crippen LogP contribution in [0.25, 0.3) is 0 Å². The molecule has 1 unspecified atom stereocenters. The highest BCUT2D eigenvalue weighted by Gasteiger charge is 2.22. The SMILES string of the molecule is CCCNC(COC)CS(=O)(=O)c1ccc(C)cc1C. The summed E-state index contributed by atoms with van der Waals surface area (Å²) < 4.78 is 30.1. The molecule has 1 aromatic carbocycles. The molecular formula is C15H25NO3S. The van der Waals surface area contributed by atoms with Gasteiger partial charge in [-0.3, -0.25) is 0 Å². The number of benzene rings is 1. The first-order chi connectivity index (χ1) is 9.40. The second-order valence-electron chi connectivity index (χ2n) is 5.16. The zero-order chi connectivity index (χ0) is 15.2. The lowest BCUT2D eigenvalue weighted by Gasteiger charge is -2.18. The number of rotatable bonds is 8. The first kappa shape index (κ1) is 17.1. The van der Waals surface area contributed by atoms with E-state index < -0.39 is 9.84 Å². The van der Waals surface area contributed by atoms with Gasteiger partial charge in [0, 0.05) is 13.2 Å². The van der Waals surface area contributed by atoms with Crippen molar-refractivity contribution >= 4 is 9.84 Å². The van der Waals surface area contributed by atoms with Crippen molar-refractivity contribution in [2.75, 3.05) is 26.0 Å². The van der Waals surface area contributed by atoms with Gasteiger partial charge in [0.25, 0.3) is 0 Å². The quantitative estimate of drug-likeness (QED) is 0.798. The van der Waals surface area contributed by atoms with Gasteiger partial charge in [-0.2, -0.15) is 0 Å². The summed E-state index contributed by atoms with van der Waals surface area (Å²) in [6.07, 6.45) is 0.962. The summed E-state index contributed by atoms with van der Waals surface area (Å²) in [5, 5.41) is 3.22. The van der Waals surface area contributed by atoms with Crippen LogP contribution in [0.4, 0.5) is 0 Å². The van der Waals surface area contributed by atoms with Crippen molar-refractivity contribution in [2.45, 2.75) is 38.1 Å². The molecule has 0 amide bonds. The molecule has 0 aliphatic carbocycles. The van der Waals surface area contributed by atoms with Crippen molar-refractivity contribution in [2.24, 2.45) is 0 Å². The van der Waals surface area contributed by atoms with Gasteiger partial charge in [-0.25, -0.2) is 8.42 Å². The molecule has 0 spiro atoms. The maximum absolute atomic E-state index is 12.5. The summed E-state index contributed by atoms with van der Waals surface area (Å²) in [5.74, 6) is 0.0603. The van der Waals surface area contributed by atoms with E-state index >= 15 is 0 Å². The van der Waals surface area contributed by atoms with E-state index in [1.807, 2.05) is 26.0 Å². The van der Waals surface area contributed by atoms with Crippen LogP contribution in [0.2, 0.25) is 0 Å². The molecular weight excluding hydrogens is 274 g/mol. The molecule has 0 heterocycles. The lowest BCUT2D eigenvalue weighted by Crippen LogP contribution is -2.39. The Morgan fingerprint density at radius 3 is 2.55 bits per heavy atom. The van der Waals surface area contributed by atoms with Gasteiger partial charge >= 0.3 is 0 Å². The topological polar surface area (TPSA) is 55.4 Å². The molecule has 0 saturated heterocycles. The van der Waals surface area contributed by atoms with Gasteiger partial charge in [0.1, 0.15) is 0 Å². The highest BCUT2D eigenvalue weighted by Crippen LogP contribution is 2.18. The molecule has 20 heavy (non-hydrogen) atoms. The summed E-state index contributed by atoms with van der Waals surface area (Å²) in [6, 6.07) is 5.26. The molecule has 0 radical (unpaired) electrons. The predicted molar refractivity (Wildman–Crippen MR) is 81.9 cm³/mol. The number of methoxy groups -OCH3 is 1.